The molecular formula is C11H11ClF3NO2. The molecule has 0 aromatic heterocycles. The van der Waals surface area contributed by atoms with E-state index in [1.54, 1.807) is 0 Å². The van der Waals surface area contributed by atoms with E-state index in [9.17, 15) is 18.0 Å². The van der Waals surface area contributed by atoms with Crippen molar-refractivity contribution >= 4 is 17.4 Å². The molecule has 0 amide bonds. The fraction of sp³-hybridized carbons (Fsp3) is 0.364. The highest BCUT2D eigenvalue weighted by atomic mass is 35.5. The summed E-state index contributed by atoms with van der Waals surface area (Å²) in [7, 11) is 1.20. The molecule has 2 N–H and O–H groups in total. The summed E-state index contributed by atoms with van der Waals surface area (Å²) < 4.78 is 43.2. The predicted molar refractivity (Wildman–Crippen MR) is 61.0 cm³/mol. The molecule has 0 unspecified atom stereocenters. The number of ether oxygens (including phenoxy) is 1. The molecular weight excluding hydrogens is 271 g/mol. The first-order valence-corrected chi connectivity index (χ1v) is 5.37. The zero-order chi connectivity index (χ0) is 13.9. The largest absolute Gasteiger partial charge is 0.495 e. The lowest BCUT2D eigenvalue weighted by Crippen LogP contribution is -2.16. The maximum absolute atomic E-state index is 12.8. The van der Waals surface area contributed by atoms with Crippen molar-refractivity contribution < 1.29 is 22.7 Å². The summed E-state index contributed by atoms with van der Waals surface area (Å²) in [6.07, 6.45) is -4.83. The minimum absolute atomic E-state index is 0.0280. The fourth-order valence-electron chi connectivity index (χ4n) is 1.44. The van der Waals surface area contributed by atoms with Crippen LogP contribution in [0.15, 0.2) is 12.1 Å². The predicted octanol–water partition coefficient (Wildman–Crippen LogP) is 2.90. The van der Waals surface area contributed by atoms with E-state index in [0.717, 1.165) is 6.07 Å². The van der Waals surface area contributed by atoms with Crippen LogP contribution >= 0.6 is 11.6 Å². The standard InChI is InChI=1S/C11H11ClF3NO2/c1-18-10-5-7(11(13,14)15)6(4-8(10)12)9(17)2-3-16/h4-5H,2-3,16H2,1H3. The Balaban J connectivity index is 3.39. The Kier molecular flexibility index (Phi) is 4.59. The van der Waals surface area contributed by atoms with Gasteiger partial charge in [0, 0.05) is 12.0 Å². The van der Waals surface area contributed by atoms with Crippen molar-refractivity contribution in [2.24, 2.45) is 5.73 Å². The minimum atomic E-state index is -4.66. The van der Waals surface area contributed by atoms with E-state index in [1.807, 2.05) is 0 Å². The Morgan fingerprint density at radius 3 is 2.50 bits per heavy atom. The highest BCUT2D eigenvalue weighted by Gasteiger charge is 2.36. The average Bonchev–Trinajstić information content (AvgIpc) is 2.27. The average molecular weight is 282 g/mol. The van der Waals surface area contributed by atoms with Crippen LogP contribution in [0.25, 0.3) is 0 Å². The van der Waals surface area contributed by atoms with Gasteiger partial charge in [0.15, 0.2) is 5.78 Å². The zero-order valence-electron chi connectivity index (χ0n) is 9.47. The molecule has 0 aliphatic rings. The third-order valence-corrected chi connectivity index (χ3v) is 2.56. The van der Waals surface area contributed by atoms with Crippen LogP contribution in [0.5, 0.6) is 5.75 Å². The summed E-state index contributed by atoms with van der Waals surface area (Å²) in [6, 6.07) is 1.67. The topological polar surface area (TPSA) is 52.3 Å². The molecule has 0 spiro atoms. The van der Waals surface area contributed by atoms with Crippen molar-refractivity contribution in [2.75, 3.05) is 13.7 Å². The van der Waals surface area contributed by atoms with Gasteiger partial charge >= 0.3 is 6.18 Å². The Morgan fingerprint density at radius 1 is 1.44 bits per heavy atom. The third kappa shape index (κ3) is 3.14. The summed E-state index contributed by atoms with van der Waals surface area (Å²) >= 11 is 5.72. The van der Waals surface area contributed by atoms with Crippen LogP contribution in [-0.4, -0.2) is 19.4 Å². The Labute approximate surface area is 107 Å². The molecule has 1 aromatic rings. The summed E-state index contributed by atoms with van der Waals surface area (Å²) in [5.74, 6) is -0.831. The molecule has 100 valence electrons. The molecule has 0 aliphatic carbocycles. The van der Waals surface area contributed by atoms with Gasteiger partial charge in [-0.05, 0) is 18.7 Å². The Bertz CT molecular complexity index is 460. The Hall–Kier alpha value is -1.27. The molecule has 1 aromatic carbocycles. The highest BCUT2D eigenvalue weighted by Crippen LogP contribution is 2.38. The van der Waals surface area contributed by atoms with Crippen molar-refractivity contribution in [1.82, 2.24) is 0 Å². The van der Waals surface area contributed by atoms with Gasteiger partial charge < -0.3 is 10.5 Å². The van der Waals surface area contributed by atoms with Crippen molar-refractivity contribution in [1.29, 1.82) is 0 Å². The number of rotatable bonds is 4. The molecule has 0 saturated heterocycles. The summed E-state index contributed by atoms with van der Waals surface area (Å²) in [5.41, 5.74) is 3.61. The minimum Gasteiger partial charge on any atom is -0.495 e. The number of methoxy groups -OCH3 is 1. The summed E-state index contributed by atoms with van der Waals surface area (Å²) in [5, 5.41) is -0.0501. The molecule has 18 heavy (non-hydrogen) atoms. The van der Waals surface area contributed by atoms with Gasteiger partial charge in [-0.15, -0.1) is 0 Å². The number of carbonyl (C=O) groups is 1. The lowest BCUT2D eigenvalue weighted by Gasteiger charge is -2.14. The molecule has 0 bridgehead atoms. The number of benzene rings is 1. The zero-order valence-corrected chi connectivity index (χ0v) is 10.2. The molecule has 1 rings (SSSR count). The third-order valence-electron chi connectivity index (χ3n) is 2.27. The smallest absolute Gasteiger partial charge is 0.417 e. The van der Waals surface area contributed by atoms with E-state index in [1.165, 1.54) is 7.11 Å². The van der Waals surface area contributed by atoms with Crippen molar-refractivity contribution in [3.63, 3.8) is 0 Å². The number of alkyl halides is 3. The first kappa shape index (κ1) is 14.8. The molecule has 0 atom stereocenters. The van der Waals surface area contributed by atoms with Gasteiger partial charge in [0.25, 0.3) is 0 Å². The van der Waals surface area contributed by atoms with Gasteiger partial charge in [-0.2, -0.15) is 13.2 Å². The van der Waals surface area contributed by atoms with Crippen molar-refractivity contribution in [2.45, 2.75) is 12.6 Å². The number of nitrogens with two attached hydrogens (primary N) is 1. The number of halogens is 4. The SMILES string of the molecule is COc1cc(C(F)(F)F)c(C(=O)CCN)cc1Cl. The van der Waals surface area contributed by atoms with Crippen LogP contribution < -0.4 is 10.5 Å². The van der Waals surface area contributed by atoms with Gasteiger partial charge in [-0.25, -0.2) is 0 Å². The molecule has 0 radical (unpaired) electrons. The van der Waals surface area contributed by atoms with Gasteiger partial charge in [0.1, 0.15) is 5.75 Å². The maximum Gasteiger partial charge on any atom is 0.417 e. The quantitative estimate of drug-likeness (QED) is 0.864. The second-order valence-electron chi connectivity index (χ2n) is 3.49. The highest BCUT2D eigenvalue weighted by molar-refractivity contribution is 6.32. The van der Waals surface area contributed by atoms with Gasteiger partial charge in [-0.3, -0.25) is 4.79 Å². The molecule has 0 saturated carbocycles. The lowest BCUT2D eigenvalue weighted by atomic mass is 10.0. The number of carbonyl (C=O) groups excluding carboxylic acids is 1. The number of ketones is 1. The van der Waals surface area contributed by atoms with E-state index < -0.39 is 23.1 Å². The first-order valence-electron chi connectivity index (χ1n) is 4.99. The van der Waals surface area contributed by atoms with Crippen LogP contribution in [0, 0.1) is 0 Å². The second-order valence-corrected chi connectivity index (χ2v) is 3.90. The van der Waals surface area contributed by atoms with Crippen LogP contribution in [0.2, 0.25) is 5.02 Å². The summed E-state index contributed by atoms with van der Waals surface area (Å²) in [4.78, 5) is 11.6. The molecule has 0 aliphatic heterocycles. The van der Waals surface area contributed by atoms with E-state index in [4.69, 9.17) is 22.1 Å². The number of hydrogen-bond donors (Lipinski definition) is 1. The van der Waals surface area contributed by atoms with E-state index in [-0.39, 0.29) is 23.7 Å². The fourth-order valence-corrected chi connectivity index (χ4v) is 1.68. The van der Waals surface area contributed by atoms with Crippen LogP contribution in [0.3, 0.4) is 0 Å². The Morgan fingerprint density at radius 2 is 2.06 bits per heavy atom. The molecule has 0 heterocycles. The first-order chi connectivity index (χ1) is 8.31. The van der Waals surface area contributed by atoms with Crippen LogP contribution in [0.4, 0.5) is 13.2 Å². The molecule has 0 fully saturated rings. The molecule has 3 nitrogen and oxygen atoms in total. The van der Waals surface area contributed by atoms with E-state index >= 15 is 0 Å². The normalized spacial score (nSPS) is 11.4. The van der Waals surface area contributed by atoms with Crippen molar-refractivity contribution in [3.8, 4) is 5.75 Å². The lowest BCUT2D eigenvalue weighted by molar-refractivity contribution is -0.138. The second kappa shape index (κ2) is 5.58. The number of hydrogen-bond acceptors (Lipinski definition) is 3. The van der Waals surface area contributed by atoms with Gasteiger partial charge in [0.2, 0.25) is 0 Å². The van der Waals surface area contributed by atoms with E-state index in [2.05, 4.69) is 0 Å². The van der Waals surface area contributed by atoms with Gasteiger partial charge in [-0.1, -0.05) is 11.6 Å². The monoisotopic (exact) mass is 281 g/mol. The maximum atomic E-state index is 12.8. The molecule has 7 heteroatoms. The van der Waals surface area contributed by atoms with E-state index in [0.29, 0.717) is 6.07 Å². The van der Waals surface area contributed by atoms with Crippen LogP contribution in [-0.2, 0) is 6.18 Å². The summed E-state index contributed by atoms with van der Waals surface area (Å²) in [6.45, 7) is -0.0280. The van der Waals surface area contributed by atoms with Crippen LogP contribution in [0.1, 0.15) is 22.3 Å². The van der Waals surface area contributed by atoms with Gasteiger partial charge in [0.05, 0.1) is 17.7 Å². The van der Waals surface area contributed by atoms with Crippen molar-refractivity contribution in [3.05, 3.63) is 28.3 Å². The number of Topliss-reactive ketones (excluding diaryl/α,β-unsaturated/α-hetero) is 1.